The van der Waals surface area contributed by atoms with Crippen LogP contribution in [-0.2, 0) is 16.1 Å². The second-order valence-corrected chi connectivity index (χ2v) is 5.48. The van der Waals surface area contributed by atoms with Crippen LogP contribution >= 0.6 is 0 Å². The van der Waals surface area contributed by atoms with Gasteiger partial charge >= 0.3 is 6.01 Å². The van der Waals surface area contributed by atoms with Crippen LogP contribution < -0.4 is 15.0 Å². The van der Waals surface area contributed by atoms with Gasteiger partial charge in [0.05, 0.1) is 19.8 Å². The summed E-state index contributed by atoms with van der Waals surface area (Å²) in [6, 6.07) is 3.78. The molecular weight excluding hydrogens is 324 g/mol. The molecule has 1 N–H and O–H groups in total. The van der Waals surface area contributed by atoms with Gasteiger partial charge in [-0.3, -0.25) is 4.79 Å². The monoisotopic (exact) mass is 344 g/mol. The fraction of sp³-hybridized carbons (Fsp3) is 0.438. The average molecular weight is 344 g/mol. The molecule has 0 radical (unpaired) electrons. The number of hydrogen-bond acceptors (Lipinski definition) is 8. The van der Waals surface area contributed by atoms with Crippen LogP contribution in [0.4, 0.5) is 5.82 Å². The molecule has 0 aromatic carbocycles. The molecule has 1 aliphatic heterocycles. The van der Waals surface area contributed by atoms with Crippen molar-refractivity contribution in [2.75, 3.05) is 37.8 Å². The predicted octanol–water partition coefficient (Wildman–Crippen LogP) is 0.107. The van der Waals surface area contributed by atoms with Gasteiger partial charge in [0.2, 0.25) is 0 Å². The number of aryl methyl sites for hydroxylation is 1. The second-order valence-electron chi connectivity index (χ2n) is 5.48. The number of rotatable bonds is 6. The molecule has 0 unspecified atom stereocenters. The molecule has 9 heteroatoms. The normalized spacial score (nSPS) is 14.2. The molecule has 0 bridgehead atoms. The molecule has 3 heterocycles. The van der Waals surface area contributed by atoms with Crippen LogP contribution in [0.1, 0.15) is 11.5 Å². The standard InChI is InChI=1S/C16H20N6O3/c1-12-9-14(22-5-7-24-8-6-22)21-13(20-12)10-19-15(23)11-25-16-17-3-2-4-18-16/h2-4,9H,5-8,10-11H2,1H3,(H,19,23). The maximum absolute atomic E-state index is 11.9. The van der Waals surface area contributed by atoms with Gasteiger partial charge in [0.15, 0.2) is 6.61 Å². The van der Waals surface area contributed by atoms with Crippen LogP contribution in [0.15, 0.2) is 24.5 Å². The summed E-state index contributed by atoms with van der Waals surface area (Å²) < 4.78 is 10.6. The van der Waals surface area contributed by atoms with Crippen molar-refractivity contribution in [2.24, 2.45) is 0 Å². The van der Waals surface area contributed by atoms with E-state index in [2.05, 4.69) is 30.2 Å². The van der Waals surface area contributed by atoms with Gasteiger partial charge in [-0.25, -0.2) is 19.9 Å². The lowest BCUT2D eigenvalue weighted by molar-refractivity contribution is -0.123. The predicted molar refractivity (Wildman–Crippen MR) is 89.2 cm³/mol. The summed E-state index contributed by atoms with van der Waals surface area (Å²) in [4.78, 5) is 30.7. The molecule has 2 aromatic rings. The van der Waals surface area contributed by atoms with Crippen molar-refractivity contribution in [2.45, 2.75) is 13.5 Å². The summed E-state index contributed by atoms with van der Waals surface area (Å²) in [5.41, 5.74) is 0.856. The Morgan fingerprint density at radius 1 is 1.28 bits per heavy atom. The van der Waals surface area contributed by atoms with Gasteiger partial charge in [0.1, 0.15) is 11.6 Å². The number of nitrogens with zero attached hydrogens (tertiary/aromatic N) is 5. The van der Waals surface area contributed by atoms with Gasteiger partial charge in [-0.05, 0) is 13.0 Å². The van der Waals surface area contributed by atoms with Crippen LogP contribution in [0.25, 0.3) is 0 Å². The van der Waals surface area contributed by atoms with Gasteiger partial charge in [-0.1, -0.05) is 0 Å². The minimum Gasteiger partial charge on any atom is -0.453 e. The Bertz CT molecular complexity index is 706. The Morgan fingerprint density at radius 3 is 2.80 bits per heavy atom. The summed E-state index contributed by atoms with van der Waals surface area (Å²) in [6.45, 7) is 4.96. The first kappa shape index (κ1) is 17.0. The molecule has 25 heavy (non-hydrogen) atoms. The topological polar surface area (TPSA) is 102 Å². The molecule has 0 atom stereocenters. The van der Waals surface area contributed by atoms with E-state index in [-0.39, 0.29) is 25.1 Å². The highest BCUT2D eigenvalue weighted by molar-refractivity contribution is 5.77. The van der Waals surface area contributed by atoms with E-state index < -0.39 is 0 Å². The van der Waals surface area contributed by atoms with Crippen LogP contribution in [0.3, 0.4) is 0 Å². The molecule has 0 spiro atoms. The minimum absolute atomic E-state index is 0.161. The van der Waals surface area contributed by atoms with E-state index in [1.165, 1.54) is 0 Å². The minimum atomic E-state index is -0.287. The molecular formula is C16H20N6O3. The van der Waals surface area contributed by atoms with Gasteiger partial charge in [0, 0.05) is 37.2 Å². The molecule has 1 saturated heterocycles. The van der Waals surface area contributed by atoms with Crippen LogP contribution in [0.2, 0.25) is 0 Å². The summed E-state index contributed by atoms with van der Waals surface area (Å²) in [7, 11) is 0. The third kappa shape index (κ3) is 5.08. The summed E-state index contributed by atoms with van der Waals surface area (Å²) in [5.74, 6) is 1.13. The zero-order valence-corrected chi connectivity index (χ0v) is 14.0. The van der Waals surface area contributed by atoms with E-state index in [9.17, 15) is 4.79 Å². The number of aromatic nitrogens is 4. The summed E-state index contributed by atoms with van der Waals surface area (Å²) in [6.07, 6.45) is 3.10. The first-order chi connectivity index (χ1) is 12.2. The zero-order chi connectivity index (χ0) is 17.5. The number of hydrogen-bond donors (Lipinski definition) is 1. The smallest absolute Gasteiger partial charge is 0.316 e. The van der Waals surface area contributed by atoms with Gasteiger partial charge in [0.25, 0.3) is 5.91 Å². The molecule has 1 aliphatic rings. The Hall–Kier alpha value is -2.81. The SMILES string of the molecule is Cc1cc(N2CCOCC2)nc(CNC(=O)COc2ncccn2)n1. The Morgan fingerprint density at radius 2 is 2.04 bits per heavy atom. The lowest BCUT2D eigenvalue weighted by Gasteiger charge is -2.28. The van der Waals surface area contributed by atoms with Crippen molar-refractivity contribution in [3.8, 4) is 6.01 Å². The van der Waals surface area contributed by atoms with Crippen molar-refractivity contribution >= 4 is 11.7 Å². The largest absolute Gasteiger partial charge is 0.453 e. The van der Waals surface area contributed by atoms with Crippen molar-refractivity contribution in [1.82, 2.24) is 25.3 Å². The maximum atomic E-state index is 11.9. The van der Waals surface area contributed by atoms with E-state index in [1.807, 2.05) is 13.0 Å². The van der Waals surface area contributed by atoms with Gasteiger partial charge in [-0.2, -0.15) is 0 Å². The zero-order valence-electron chi connectivity index (χ0n) is 14.0. The number of carbonyl (C=O) groups is 1. The lowest BCUT2D eigenvalue weighted by atomic mass is 10.3. The van der Waals surface area contributed by atoms with E-state index in [1.54, 1.807) is 18.5 Å². The maximum Gasteiger partial charge on any atom is 0.316 e. The Labute approximate surface area is 145 Å². The molecule has 9 nitrogen and oxygen atoms in total. The van der Waals surface area contributed by atoms with Crippen molar-refractivity contribution in [1.29, 1.82) is 0 Å². The number of morpholine rings is 1. The molecule has 2 aromatic heterocycles. The molecule has 0 aliphatic carbocycles. The number of nitrogens with one attached hydrogen (secondary N) is 1. The van der Waals surface area contributed by atoms with Crippen molar-refractivity contribution in [3.05, 3.63) is 36.0 Å². The van der Waals surface area contributed by atoms with Crippen molar-refractivity contribution in [3.63, 3.8) is 0 Å². The summed E-state index contributed by atoms with van der Waals surface area (Å²) in [5, 5.41) is 2.74. The van der Waals surface area contributed by atoms with E-state index in [0.717, 1.165) is 24.6 Å². The molecule has 1 fully saturated rings. The van der Waals surface area contributed by atoms with Crippen LogP contribution in [0, 0.1) is 6.92 Å². The molecule has 3 rings (SSSR count). The molecule has 0 saturated carbocycles. The fourth-order valence-corrected chi connectivity index (χ4v) is 2.36. The first-order valence-corrected chi connectivity index (χ1v) is 8.04. The third-order valence-corrected chi connectivity index (χ3v) is 3.54. The van der Waals surface area contributed by atoms with Crippen molar-refractivity contribution < 1.29 is 14.3 Å². The van der Waals surface area contributed by atoms with E-state index in [0.29, 0.717) is 19.0 Å². The second kappa shape index (κ2) is 8.34. The Kier molecular flexibility index (Phi) is 5.68. The molecule has 1 amide bonds. The summed E-state index contributed by atoms with van der Waals surface area (Å²) >= 11 is 0. The average Bonchev–Trinajstić information content (AvgIpc) is 2.66. The third-order valence-electron chi connectivity index (χ3n) is 3.54. The fourth-order valence-electron chi connectivity index (χ4n) is 2.36. The van der Waals surface area contributed by atoms with E-state index in [4.69, 9.17) is 9.47 Å². The van der Waals surface area contributed by atoms with Gasteiger partial charge < -0.3 is 19.7 Å². The Balaban J connectivity index is 1.53. The van der Waals surface area contributed by atoms with Gasteiger partial charge in [-0.15, -0.1) is 0 Å². The molecule has 132 valence electrons. The number of ether oxygens (including phenoxy) is 2. The lowest BCUT2D eigenvalue weighted by Crippen LogP contribution is -2.37. The van der Waals surface area contributed by atoms with Crippen LogP contribution in [0.5, 0.6) is 6.01 Å². The quantitative estimate of drug-likeness (QED) is 0.787. The number of anilines is 1. The van der Waals surface area contributed by atoms with Crippen LogP contribution in [-0.4, -0.2) is 58.8 Å². The first-order valence-electron chi connectivity index (χ1n) is 8.04. The highest BCUT2D eigenvalue weighted by Gasteiger charge is 2.14. The van der Waals surface area contributed by atoms with E-state index >= 15 is 0 Å². The highest BCUT2D eigenvalue weighted by Crippen LogP contribution is 2.14. The highest BCUT2D eigenvalue weighted by atomic mass is 16.5. The number of carbonyl (C=O) groups excluding carboxylic acids is 1. The number of amides is 1.